The third kappa shape index (κ3) is 8.14. The van der Waals surface area contributed by atoms with Crippen molar-refractivity contribution in [2.75, 3.05) is 44.2 Å². The predicted octanol–water partition coefficient (Wildman–Crippen LogP) is 7.31. The number of carbonyl (C=O) groups is 5. The van der Waals surface area contributed by atoms with Gasteiger partial charge in [0.2, 0.25) is 17.7 Å². The summed E-state index contributed by atoms with van der Waals surface area (Å²) in [5, 5.41) is 14.9. The monoisotopic (exact) mass is 842 g/mol. The molecule has 9 rings (SSSR count). The second-order valence-corrected chi connectivity index (χ2v) is 17.7. The minimum Gasteiger partial charge on any atom is -0.508 e. The van der Waals surface area contributed by atoms with E-state index in [1.807, 2.05) is 39.8 Å². The quantitative estimate of drug-likeness (QED) is 0.107. The third-order valence-electron chi connectivity index (χ3n) is 13.8. The van der Waals surface area contributed by atoms with Crippen LogP contribution in [0.4, 0.5) is 14.9 Å². The largest absolute Gasteiger partial charge is 0.508 e. The number of nitrogens with zero attached hydrogens (tertiary/aromatic N) is 5. The maximum atomic E-state index is 14.9. The molecule has 0 bridgehead atoms. The van der Waals surface area contributed by atoms with Crippen molar-refractivity contribution in [1.29, 1.82) is 0 Å². The molecule has 13 heteroatoms. The van der Waals surface area contributed by atoms with E-state index in [9.17, 15) is 33.5 Å². The van der Waals surface area contributed by atoms with Gasteiger partial charge in [0.25, 0.3) is 5.91 Å². The normalized spacial score (nSPS) is 19.9. The van der Waals surface area contributed by atoms with E-state index in [2.05, 4.69) is 34.5 Å². The molecule has 0 saturated carbocycles. The molecule has 0 spiro atoms. The average Bonchev–Trinajstić information content (AvgIpc) is 3.57. The van der Waals surface area contributed by atoms with Crippen molar-refractivity contribution in [2.45, 2.75) is 102 Å². The number of piperidine rings is 2. The van der Waals surface area contributed by atoms with Gasteiger partial charge in [0, 0.05) is 51.1 Å². The maximum Gasteiger partial charge on any atom is 0.325 e. The molecule has 324 valence electrons. The topological polar surface area (TPSA) is 134 Å². The van der Waals surface area contributed by atoms with Crippen molar-refractivity contribution in [1.82, 2.24) is 24.9 Å². The van der Waals surface area contributed by atoms with Crippen LogP contribution < -0.4 is 10.2 Å². The summed E-state index contributed by atoms with van der Waals surface area (Å²) >= 11 is 0. The number of imide groups is 1. The highest BCUT2D eigenvalue weighted by Gasteiger charge is 2.43. The minimum atomic E-state index is -0.728. The lowest BCUT2D eigenvalue weighted by atomic mass is 9.85. The van der Waals surface area contributed by atoms with Gasteiger partial charge >= 0.3 is 6.03 Å². The molecule has 5 aliphatic rings. The number of halogens is 1. The van der Waals surface area contributed by atoms with Gasteiger partial charge in [-0.15, -0.1) is 0 Å². The van der Waals surface area contributed by atoms with Crippen LogP contribution in [0.3, 0.4) is 0 Å². The summed E-state index contributed by atoms with van der Waals surface area (Å²) in [5.74, 6) is -1.15. The van der Waals surface area contributed by atoms with Crippen LogP contribution in [0.15, 0.2) is 66.7 Å². The van der Waals surface area contributed by atoms with Crippen LogP contribution in [0.25, 0.3) is 21.9 Å². The van der Waals surface area contributed by atoms with E-state index in [0.29, 0.717) is 38.2 Å². The predicted molar refractivity (Wildman–Crippen MR) is 234 cm³/mol. The Morgan fingerprint density at radius 1 is 0.823 bits per heavy atom. The summed E-state index contributed by atoms with van der Waals surface area (Å²) in [7, 11) is 0. The Morgan fingerprint density at radius 3 is 2.35 bits per heavy atom. The number of nitrogens with one attached hydrogen (secondary N) is 1. The summed E-state index contributed by atoms with van der Waals surface area (Å²) in [5.41, 5.74) is 5.85. The number of benzene rings is 4. The zero-order chi connectivity index (χ0) is 43.1. The molecule has 5 aliphatic heterocycles. The number of hydrogen-bond donors (Lipinski definition) is 2. The average molecular weight is 843 g/mol. The van der Waals surface area contributed by atoms with Gasteiger partial charge in [-0.05, 0) is 127 Å². The molecule has 3 fully saturated rings. The number of urea groups is 1. The number of anilines is 1. The van der Waals surface area contributed by atoms with Gasteiger partial charge in [-0.25, -0.2) is 9.18 Å². The molecule has 1 unspecified atom stereocenters. The van der Waals surface area contributed by atoms with Crippen molar-refractivity contribution in [3.05, 3.63) is 94.8 Å². The van der Waals surface area contributed by atoms with Gasteiger partial charge in [0.15, 0.2) is 0 Å². The zero-order valence-electron chi connectivity index (χ0n) is 35.4. The molecule has 0 aromatic heterocycles. The third-order valence-corrected chi connectivity index (χ3v) is 13.8. The number of aromatic hydroxyl groups is 1. The molecule has 4 aromatic rings. The molecule has 0 radical (unpaired) electrons. The van der Waals surface area contributed by atoms with Crippen LogP contribution in [0.2, 0.25) is 0 Å². The molecular formula is C49H55FN6O6. The van der Waals surface area contributed by atoms with Crippen molar-refractivity contribution in [3.8, 4) is 16.9 Å². The molecule has 1 atom stereocenters. The van der Waals surface area contributed by atoms with Gasteiger partial charge in [-0.3, -0.25) is 29.4 Å². The van der Waals surface area contributed by atoms with Crippen LogP contribution >= 0.6 is 0 Å². The first-order valence-electron chi connectivity index (χ1n) is 22.5. The van der Waals surface area contributed by atoms with Crippen molar-refractivity contribution in [3.63, 3.8) is 0 Å². The van der Waals surface area contributed by atoms with Crippen LogP contribution in [-0.4, -0.2) is 106 Å². The fourth-order valence-electron chi connectivity index (χ4n) is 10.4. The standard InChI is InChI=1S/C49H55FN6O6/c1-2-46(59)53-28-36(29-53)55-27-34-13-12-33(40-26-37(57)22-32-10-6-7-11-38(32)40)23-44(34)54(49(55)62)19-9-5-3-4-8-18-52-20-16-31(17-21-52)39-24-35(50)25-41-42(39)30-56(48(41)61)43-14-15-45(58)51-47(43)60/h6-7,10-13,22-26,31,36,43,57H,2-5,8-9,14-21,27-30H2,1H3,(H,51,58,60). The summed E-state index contributed by atoms with van der Waals surface area (Å²) in [4.78, 5) is 73.9. The fraction of sp³-hybridized carbons (Fsp3) is 0.449. The second-order valence-electron chi connectivity index (χ2n) is 17.7. The van der Waals surface area contributed by atoms with E-state index in [1.54, 1.807) is 18.2 Å². The molecule has 4 aromatic carbocycles. The Labute approximate surface area is 361 Å². The Balaban J connectivity index is 0.785. The maximum absolute atomic E-state index is 14.9. The van der Waals surface area contributed by atoms with E-state index in [4.69, 9.17) is 0 Å². The Bertz CT molecular complexity index is 2430. The highest BCUT2D eigenvalue weighted by atomic mass is 19.1. The summed E-state index contributed by atoms with van der Waals surface area (Å²) < 4.78 is 14.9. The number of rotatable bonds is 13. The number of hydrogen-bond acceptors (Lipinski definition) is 7. The summed E-state index contributed by atoms with van der Waals surface area (Å²) in [6.07, 6.45) is 7.66. The number of amides is 6. The molecule has 6 amide bonds. The van der Waals surface area contributed by atoms with Gasteiger partial charge in [0.1, 0.15) is 17.6 Å². The highest BCUT2D eigenvalue weighted by molar-refractivity contribution is 6.06. The first kappa shape index (κ1) is 41.5. The van der Waals surface area contributed by atoms with Crippen LogP contribution in [-0.2, 0) is 27.5 Å². The van der Waals surface area contributed by atoms with Crippen molar-refractivity contribution in [2.24, 2.45) is 0 Å². The molecule has 12 nitrogen and oxygen atoms in total. The first-order valence-corrected chi connectivity index (χ1v) is 22.5. The molecular weight excluding hydrogens is 788 g/mol. The van der Waals surface area contributed by atoms with Crippen LogP contribution in [0.1, 0.15) is 104 Å². The first-order chi connectivity index (χ1) is 30.1. The second kappa shape index (κ2) is 17.5. The number of phenols is 1. The van der Waals surface area contributed by atoms with Gasteiger partial charge in [-0.1, -0.05) is 62.6 Å². The smallest absolute Gasteiger partial charge is 0.325 e. The van der Waals surface area contributed by atoms with Crippen LogP contribution in [0.5, 0.6) is 5.75 Å². The lowest BCUT2D eigenvalue weighted by molar-refractivity contribution is -0.138. The van der Waals surface area contributed by atoms with E-state index >= 15 is 0 Å². The van der Waals surface area contributed by atoms with Gasteiger partial charge in [-0.2, -0.15) is 0 Å². The number of fused-ring (bicyclic) bond motifs is 3. The summed E-state index contributed by atoms with van der Waals surface area (Å²) in [6, 6.07) is 19.9. The minimum absolute atomic E-state index is 0.0115. The molecule has 2 N–H and O–H groups in total. The summed E-state index contributed by atoms with van der Waals surface area (Å²) in [6.45, 7) is 7.08. The molecule has 3 saturated heterocycles. The number of carbonyl (C=O) groups excluding carboxylic acids is 5. The van der Waals surface area contributed by atoms with E-state index in [0.717, 1.165) is 109 Å². The van der Waals surface area contributed by atoms with E-state index in [-0.39, 0.29) is 60.8 Å². The van der Waals surface area contributed by atoms with Crippen LogP contribution in [0, 0.1) is 5.82 Å². The number of phenolic OH excluding ortho intramolecular Hbond substituents is 1. The molecule has 0 aliphatic carbocycles. The fourth-order valence-corrected chi connectivity index (χ4v) is 10.4. The highest BCUT2D eigenvalue weighted by Crippen LogP contribution is 2.40. The lowest BCUT2D eigenvalue weighted by Gasteiger charge is -2.48. The van der Waals surface area contributed by atoms with Gasteiger partial charge < -0.3 is 24.7 Å². The number of unbranched alkanes of at least 4 members (excludes halogenated alkanes) is 4. The lowest BCUT2D eigenvalue weighted by Crippen LogP contribution is -2.64. The van der Waals surface area contributed by atoms with E-state index in [1.165, 1.54) is 11.0 Å². The van der Waals surface area contributed by atoms with E-state index < -0.39 is 17.8 Å². The Kier molecular flexibility index (Phi) is 11.7. The SMILES string of the molecule is CCC(=O)N1CC(N2Cc3ccc(-c4cc(O)cc5ccccc45)cc3N(CCCCCCCN3CCC(c4cc(F)cc5c4CN(C4CCC(=O)NC4=O)C5=O)CC3)C2=O)C1. The Hall–Kier alpha value is -5.82. The van der Waals surface area contributed by atoms with Crippen molar-refractivity contribution >= 4 is 46.1 Å². The van der Waals surface area contributed by atoms with Gasteiger partial charge in [0.05, 0.1) is 11.7 Å². The Morgan fingerprint density at radius 2 is 1.58 bits per heavy atom. The molecule has 62 heavy (non-hydrogen) atoms. The molecule has 5 heterocycles. The zero-order valence-corrected chi connectivity index (χ0v) is 35.4. The number of likely N-dealkylation sites (tertiary alicyclic amines) is 2. The van der Waals surface area contributed by atoms with Crippen molar-refractivity contribution < 1.29 is 33.5 Å².